The molecule has 0 aromatic heterocycles. The summed E-state index contributed by atoms with van der Waals surface area (Å²) in [5.74, 6) is 0. The highest BCUT2D eigenvalue weighted by Gasteiger charge is 2.25. The summed E-state index contributed by atoms with van der Waals surface area (Å²) in [5.41, 5.74) is 3.46. The maximum atomic E-state index is 12.4. The summed E-state index contributed by atoms with van der Waals surface area (Å²) in [6.07, 6.45) is 4.28. The van der Waals surface area contributed by atoms with Crippen LogP contribution in [0.3, 0.4) is 0 Å². The van der Waals surface area contributed by atoms with Crippen molar-refractivity contribution in [3.63, 3.8) is 0 Å². The van der Waals surface area contributed by atoms with Gasteiger partial charge in [0.1, 0.15) is 6.29 Å². The maximum absolute atomic E-state index is 12.4. The topological polar surface area (TPSA) is 89.2 Å². The smallest absolute Gasteiger partial charge is 0.312 e. The molecule has 144 valence electrons. The molecule has 3 atom stereocenters. The Bertz CT molecular complexity index is 608. The molecule has 26 heavy (non-hydrogen) atoms. The quantitative estimate of drug-likeness (QED) is 0.432. The fourth-order valence-corrected chi connectivity index (χ4v) is 3.56. The minimum Gasteiger partial charge on any atom is -0.312 e. The predicted molar refractivity (Wildman–Crippen MR) is 105 cm³/mol. The molecule has 0 bridgehead atoms. The van der Waals surface area contributed by atoms with Crippen LogP contribution in [-0.4, -0.2) is 37.6 Å². The molecular formula is C19H32N6O. The first-order valence-electron chi connectivity index (χ1n) is 9.79. The van der Waals surface area contributed by atoms with Crippen LogP contribution in [0.1, 0.15) is 44.2 Å². The number of carbonyl (C=O) groups is 1. The molecule has 1 fully saturated rings. The van der Waals surface area contributed by atoms with Crippen molar-refractivity contribution in [2.75, 3.05) is 18.4 Å². The molecule has 0 aliphatic carbocycles. The largest absolute Gasteiger partial charge is 0.321 e. The normalized spacial score (nSPS) is 25.4. The summed E-state index contributed by atoms with van der Waals surface area (Å²) < 4.78 is 0. The molecule has 0 spiro atoms. The number of anilines is 1. The van der Waals surface area contributed by atoms with E-state index in [1.807, 2.05) is 6.07 Å². The van der Waals surface area contributed by atoms with Crippen molar-refractivity contribution in [2.45, 2.75) is 64.6 Å². The van der Waals surface area contributed by atoms with Crippen LogP contribution in [0.15, 0.2) is 18.2 Å². The van der Waals surface area contributed by atoms with E-state index in [0.717, 1.165) is 44.6 Å². The van der Waals surface area contributed by atoms with E-state index in [9.17, 15) is 4.79 Å². The molecule has 7 nitrogen and oxygen atoms in total. The molecule has 7 heteroatoms. The summed E-state index contributed by atoms with van der Waals surface area (Å²) in [7, 11) is 0. The van der Waals surface area contributed by atoms with Crippen molar-refractivity contribution in [1.82, 2.24) is 26.6 Å². The summed E-state index contributed by atoms with van der Waals surface area (Å²) in [5, 5.41) is 19.6. The summed E-state index contributed by atoms with van der Waals surface area (Å²) in [6, 6.07) is 6.26. The average molecular weight is 361 g/mol. The number of urea groups is 1. The third kappa shape index (κ3) is 5.41. The Balaban J connectivity index is 1.50. The zero-order chi connectivity index (χ0) is 18.4. The minimum absolute atomic E-state index is 0.203. The lowest BCUT2D eigenvalue weighted by molar-refractivity contribution is 0.193. The van der Waals surface area contributed by atoms with Crippen LogP contribution in [0.5, 0.6) is 0 Å². The van der Waals surface area contributed by atoms with E-state index in [-0.39, 0.29) is 18.5 Å². The maximum Gasteiger partial charge on any atom is 0.321 e. The third-order valence-electron chi connectivity index (χ3n) is 4.96. The number of unbranched alkanes of at least 4 members (excludes halogenated alkanes) is 1. The molecule has 2 heterocycles. The monoisotopic (exact) mass is 360 g/mol. The first-order chi connectivity index (χ1) is 12.6. The van der Waals surface area contributed by atoms with E-state index in [2.05, 4.69) is 57.9 Å². The van der Waals surface area contributed by atoms with Gasteiger partial charge in [0.15, 0.2) is 0 Å². The fraction of sp³-hybridized carbons (Fsp3) is 0.632. The zero-order valence-corrected chi connectivity index (χ0v) is 15.8. The van der Waals surface area contributed by atoms with Crippen LogP contribution in [0.25, 0.3) is 0 Å². The second-order valence-electron chi connectivity index (χ2n) is 7.27. The van der Waals surface area contributed by atoms with Gasteiger partial charge in [0.2, 0.25) is 0 Å². The lowest BCUT2D eigenvalue weighted by atomic mass is 10.0. The van der Waals surface area contributed by atoms with Crippen molar-refractivity contribution in [1.29, 1.82) is 0 Å². The van der Waals surface area contributed by atoms with Crippen molar-refractivity contribution in [3.8, 4) is 0 Å². The molecule has 1 aromatic rings. The summed E-state index contributed by atoms with van der Waals surface area (Å²) in [4.78, 5) is 12.4. The second kappa shape index (κ2) is 9.32. The minimum atomic E-state index is -0.250. The molecule has 1 saturated heterocycles. The average Bonchev–Trinajstić information content (AvgIpc) is 2.61. The van der Waals surface area contributed by atoms with Crippen LogP contribution in [0, 0.1) is 0 Å². The van der Waals surface area contributed by atoms with Gasteiger partial charge >= 0.3 is 6.03 Å². The Morgan fingerprint density at radius 2 is 2.15 bits per heavy atom. The first-order valence-corrected chi connectivity index (χ1v) is 9.79. The Labute approximate surface area is 156 Å². The zero-order valence-electron chi connectivity index (χ0n) is 15.8. The van der Waals surface area contributed by atoms with Gasteiger partial charge in [-0.15, -0.1) is 0 Å². The van der Waals surface area contributed by atoms with E-state index in [4.69, 9.17) is 0 Å². The standard InChI is InChI=1S/C19H32N6O/c1-3-4-8-21-17-10-13(2)22-18(24-17)25-19(26)23-16-6-5-15-12-20-9-7-14(15)11-16/h5-6,11,13,17-18,20-22,24H,3-4,7-10,12H2,1-2H3,(H2,23,25,26). The predicted octanol–water partition coefficient (Wildman–Crippen LogP) is 1.42. The Morgan fingerprint density at radius 1 is 1.27 bits per heavy atom. The second-order valence-corrected chi connectivity index (χ2v) is 7.27. The van der Waals surface area contributed by atoms with E-state index < -0.39 is 0 Å². The van der Waals surface area contributed by atoms with Crippen LogP contribution < -0.4 is 31.9 Å². The van der Waals surface area contributed by atoms with Gasteiger partial charge in [-0.1, -0.05) is 19.4 Å². The number of hydrogen-bond acceptors (Lipinski definition) is 5. The van der Waals surface area contributed by atoms with Crippen LogP contribution in [0.4, 0.5) is 10.5 Å². The Hall–Kier alpha value is -1.67. The molecule has 1 aromatic carbocycles. The van der Waals surface area contributed by atoms with E-state index in [1.54, 1.807) is 0 Å². The Morgan fingerprint density at radius 3 is 3.00 bits per heavy atom. The van der Waals surface area contributed by atoms with Crippen molar-refractivity contribution in [2.24, 2.45) is 0 Å². The molecular weight excluding hydrogens is 328 g/mol. The highest BCUT2D eigenvalue weighted by atomic mass is 16.2. The van der Waals surface area contributed by atoms with Crippen molar-refractivity contribution < 1.29 is 4.79 Å². The van der Waals surface area contributed by atoms with Gasteiger partial charge in [-0.3, -0.25) is 10.6 Å². The molecule has 2 aliphatic rings. The van der Waals surface area contributed by atoms with Crippen molar-refractivity contribution >= 4 is 11.7 Å². The number of benzene rings is 1. The molecule has 3 unspecified atom stereocenters. The van der Waals surface area contributed by atoms with E-state index in [1.165, 1.54) is 17.5 Å². The highest BCUT2D eigenvalue weighted by Crippen LogP contribution is 2.19. The third-order valence-corrected chi connectivity index (χ3v) is 4.96. The lowest BCUT2D eigenvalue weighted by Crippen LogP contribution is -2.67. The van der Waals surface area contributed by atoms with Gasteiger partial charge in [-0.25, -0.2) is 4.79 Å². The van der Waals surface area contributed by atoms with Crippen LogP contribution in [0.2, 0.25) is 0 Å². The molecule has 3 rings (SSSR count). The lowest BCUT2D eigenvalue weighted by Gasteiger charge is -2.36. The van der Waals surface area contributed by atoms with Crippen molar-refractivity contribution in [3.05, 3.63) is 29.3 Å². The number of hydrogen-bond donors (Lipinski definition) is 6. The van der Waals surface area contributed by atoms with Gasteiger partial charge in [0, 0.05) is 18.3 Å². The Kier molecular flexibility index (Phi) is 6.85. The van der Waals surface area contributed by atoms with Gasteiger partial charge in [0.05, 0.1) is 6.17 Å². The SMILES string of the molecule is CCCCNC1CC(C)NC(NC(=O)Nc2ccc3c(c2)CCNC3)N1. The summed E-state index contributed by atoms with van der Waals surface area (Å²) in [6.45, 7) is 7.21. The van der Waals surface area contributed by atoms with E-state index >= 15 is 0 Å². The molecule has 0 radical (unpaired) electrons. The summed E-state index contributed by atoms with van der Waals surface area (Å²) >= 11 is 0. The van der Waals surface area contributed by atoms with Gasteiger partial charge in [0.25, 0.3) is 0 Å². The number of rotatable bonds is 6. The number of nitrogens with one attached hydrogen (secondary N) is 6. The van der Waals surface area contributed by atoms with Gasteiger partial charge in [-0.05, 0) is 62.5 Å². The van der Waals surface area contributed by atoms with Gasteiger partial charge in [-0.2, -0.15) is 0 Å². The van der Waals surface area contributed by atoms with Gasteiger partial charge < -0.3 is 21.3 Å². The highest BCUT2D eigenvalue weighted by molar-refractivity contribution is 5.89. The number of amides is 2. The van der Waals surface area contributed by atoms with E-state index in [0.29, 0.717) is 6.04 Å². The first kappa shape index (κ1) is 19.1. The number of carbonyl (C=O) groups excluding carboxylic acids is 1. The van der Waals surface area contributed by atoms with Crippen LogP contribution >= 0.6 is 0 Å². The molecule has 6 N–H and O–H groups in total. The molecule has 2 aliphatic heterocycles. The number of fused-ring (bicyclic) bond motifs is 1. The van der Waals surface area contributed by atoms with Crippen LogP contribution in [-0.2, 0) is 13.0 Å². The molecule has 2 amide bonds. The molecule has 0 saturated carbocycles. The fourth-order valence-electron chi connectivity index (χ4n) is 3.56.